The van der Waals surface area contributed by atoms with Crippen molar-refractivity contribution in [2.75, 3.05) is 11.9 Å². The second-order valence-corrected chi connectivity index (χ2v) is 7.77. The third-order valence-electron chi connectivity index (χ3n) is 5.89. The number of benzene rings is 2. The molecular formula is C23H27F3N2O. The van der Waals surface area contributed by atoms with Gasteiger partial charge in [-0.15, -0.1) is 0 Å². The first-order valence-electron chi connectivity index (χ1n) is 10.1. The van der Waals surface area contributed by atoms with Crippen molar-refractivity contribution in [1.29, 1.82) is 0 Å². The van der Waals surface area contributed by atoms with Crippen LogP contribution in [0.1, 0.15) is 65.6 Å². The van der Waals surface area contributed by atoms with Crippen molar-refractivity contribution in [2.45, 2.75) is 51.1 Å². The number of carbonyl (C=O) groups is 1. The van der Waals surface area contributed by atoms with Crippen LogP contribution in [-0.4, -0.2) is 12.5 Å². The summed E-state index contributed by atoms with van der Waals surface area (Å²) in [5.74, 6) is -0.286. The highest BCUT2D eigenvalue weighted by Crippen LogP contribution is 2.41. The van der Waals surface area contributed by atoms with Gasteiger partial charge in [-0.05, 0) is 79.3 Å². The molecule has 2 aromatic carbocycles. The Kier molecular flexibility index (Phi) is 6.50. The van der Waals surface area contributed by atoms with Gasteiger partial charge in [0.15, 0.2) is 0 Å². The number of carbonyl (C=O) groups excluding carboxylic acids is 1. The minimum atomic E-state index is -4.50. The van der Waals surface area contributed by atoms with Gasteiger partial charge in [-0.1, -0.05) is 25.1 Å². The van der Waals surface area contributed by atoms with Crippen LogP contribution in [0.5, 0.6) is 0 Å². The molecule has 0 aromatic heterocycles. The van der Waals surface area contributed by atoms with Gasteiger partial charge < -0.3 is 11.1 Å². The maximum Gasteiger partial charge on any atom is 0.416 e. The Morgan fingerprint density at radius 3 is 2.31 bits per heavy atom. The molecule has 0 radical (unpaired) electrons. The van der Waals surface area contributed by atoms with Crippen molar-refractivity contribution in [3.05, 3.63) is 64.7 Å². The smallest absolute Gasteiger partial charge is 0.385 e. The summed E-state index contributed by atoms with van der Waals surface area (Å²) < 4.78 is 40.1. The van der Waals surface area contributed by atoms with E-state index >= 15 is 0 Å². The van der Waals surface area contributed by atoms with Crippen LogP contribution in [0.3, 0.4) is 0 Å². The van der Waals surface area contributed by atoms with Crippen LogP contribution in [0.15, 0.2) is 42.5 Å². The SMILES string of the molecule is CCc1c(C(N)=O)cc(C(F)(F)F)cc1C1CCC(CNc2ccccc2)CC1. The fraction of sp³-hybridized carbons (Fsp3) is 0.435. The average Bonchev–Trinajstić information content (AvgIpc) is 2.71. The first-order chi connectivity index (χ1) is 13.8. The summed E-state index contributed by atoms with van der Waals surface area (Å²) >= 11 is 0. The Hall–Kier alpha value is -2.50. The highest BCUT2D eigenvalue weighted by atomic mass is 19.4. The summed E-state index contributed by atoms with van der Waals surface area (Å²) in [4.78, 5) is 11.8. The van der Waals surface area contributed by atoms with Crippen LogP contribution in [0.4, 0.5) is 18.9 Å². The van der Waals surface area contributed by atoms with E-state index in [1.54, 1.807) is 0 Å². The molecule has 0 aliphatic heterocycles. The van der Waals surface area contributed by atoms with Gasteiger partial charge in [-0.3, -0.25) is 4.79 Å². The molecule has 0 atom stereocenters. The van der Waals surface area contributed by atoms with Gasteiger partial charge in [0.1, 0.15) is 0 Å². The Balaban J connectivity index is 1.75. The zero-order valence-electron chi connectivity index (χ0n) is 16.6. The van der Waals surface area contributed by atoms with Gasteiger partial charge in [0, 0.05) is 17.8 Å². The lowest BCUT2D eigenvalue weighted by atomic mass is 9.76. The number of nitrogens with two attached hydrogens (primary N) is 1. The molecule has 0 heterocycles. The molecule has 29 heavy (non-hydrogen) atoms. The highest BCUT2D eigenvalue weighted by Gasteiger charge is 2.34. The number of alkyl halides is 3. The quantitative estimate of drug-likeness (QED) is 0.644. The van der Waals surface area contributed by atoms with E-state index in [1.807, 2.05) is 37.3 Å². The van der Waals surface area contributed by atoms with Crippen LogP contribution < -0.4 is 11.1 Å². The van der Waals surface area contributed by atoms with Gasteiger partial charge >= 0.3 is 6.18 Å². The Morgan fingerprint density at radius 1 is 1.10 bits per heavy atom. The lowest BCUT2D eigenvalue weighted by molar-refractivity contribution is -0.137. The molecule has 0 saturated heterocycles. The van der Waals surface area contributed by atoms with Gasteiger partial charge in [-0.25, -0.2) is 0 Å². The number of anilines is 1. The molecule has 1 aliphatic carbocycles. The van der Waals surface area contributed by atoms with Crippen molar-refractivity contribution >= 4 is 11.6 Å². The molecule has 1 aliphatic rings. The summed E-state index contributed by atoms with van der Waals surface area (Å²) in [6.45, 7) is 2.71. The van der Waals surface area contributed by atoms with Gasteiger partial charge in [-0.2, -0.15) is 13.2 Å². The molecule has 1 amide bonds. The summed E-state index contributed by atoms with van der Waals surface area (Å²) in [5, 5.41) is 3.43. The van der Waals surface area contributed by atoms with E-state index in [1.165, 1.54) is 6.07 Å². The zero-order valence-corrected chi connectivity index (χ0v) is 16.6. The molecule has 3 rings (SSSR count). The van der Waals surface area contributed by atoms with E-state index in [0.29, 0.717) is 23.5 Å². The molecule has 0 spiro atoms. The lowest BCUT2D eigenvalue weighted by Gasteiger charge is -2.31. The topological polar surface area (TPSA) is 55.1 Å². The second kappa shape index (κ2) is 8.89. The molecule has 2 aromatic rings. The lowest BCUT2D eigenvalue weighted by Crippen LogP contribution is -2.23. The number of hydrogen-bond acceptors (Lipinski definition) is 2. The van der Waals surface area contributed by atoms with E-state index in [-0.39, 0.29) is 11.5 Å². The third kappa shape index (κ3) is 5.11. The number of para-hydroxylation sites is 1. The normalized spacial score (nSPS) is 19.7. The molecule has 156 valence electrons. The second-order valence-electron chi connectivity index (χ2n) is 7.77. The highest BCUT2D eigenvalue weighted by molar-refractivity contribution is 5.95. The van der Waals surface area contributed by atoms with E-state index in [4.69, 9.17) is 5.73 Å². The maximum atomic E-state index is 13.4. The van der Waals surface area contributed by atoms with Gasteiger partial charge in [0.05, 0.1) is 5.56 Å². The van der Waals surface area contributed by atoms with Crippen LogP contribution >= 0.6 is 0 Å². The Morgan fingerprint density at radius 2 is 1.76 bits per heavy atom. The monoisotopic (exact) mass is 404 g/mol. The number of amides is 1. The number of primary amides is 1. The van der Waals surface area contributed by atoms with E-state index in [0.717, 1.165) is 44.0 Å². The predicted octanol–water partition coefficient (Wildman–Crippen LogP) is 5.75. The maximum absolute atomic E-state index is 13.4. The summed E-state index contributed by atoms with van der Waals surface area (Å²) in [6.07, 6.45) is -0.504. The molecule has 3 nitrogen and oxygen atoms in total. The number of hydrogen-bond donors (Lipinski definition) is 2. The number of rotatable bonds is 6. The Labute approximate surface area is 169 Å². The van der Waals surface area contributed by atoms with Crippen LogP contribution in [0.2, 0.25) is 0 Å². The van der Waals surface area contributed by atoms with Crippen LogP contribution in [-0.2, 0) is 12.6 Å². The van der Waals surface area contributed by atoms with E-state index < -0.39 is 17.6 Å². The number of halogens is 3. The van der Waals surface area contributed by atoms with Crippen LogP contribution in [0.25, 0.3) is 0 Å². The predicted molar refractivity (Wildman–Crippen MR) is 109 cm³/mol. The molecular weight excluding hydrogens is 377 g/mol. The molecule has 1 fully saturated rings. The summed E-state index contributed by atoms with van der Waals surface area (Å²) in [6, 6.07) is 12.1. The molecule has 3 N–H and O–H groups in total. The zero-order chi connectivity index (χ0) is 21.0. The van der Waals surface area contributed by atoms with Crippen molar-refractivity contribution in [3.8, 4) is 0 Å². The fourth-order valence-corrected chi connectivity index (χ4v) is 4.33. The Bertz CT molecular complexity index is 841. The van der Waals surface area contributed by atoms with Gasteiger partial charge in [0.25, 0.3) is 0 Å². The molecule has 1 saturated carbocycles. The standard InChI is InChI=1S/C23H27F3N2O/c1-2-19-20(12-17(23(24,25)26)13-21(19)22(27)29)16-10-8-15(9-11-16)14-28-18-6-4-3-5-7-18/h3-7,12-13,15-16,28H,2,8-11,14H2,1H3,(H2,27,29). The molecule has 0 unspecified atom stereocenters. The largest absolute Gasteiger partial charge is 0.416 e. The third-order valence-corrected chi connectivity index (χ3v) is 5.89. The number of nitrogens with one attached hydrogen (secondary N) is 1. The van der Waals surface area contributed by atoms with Crippen molar-refractivity contribution in [3.63, 3.8) is 0 Å². The fourth-order valence-electron chi connectivity index (χ4n) is 4.33. The first kappa shape index (κ1) is 21.2. The van der Waals surface area contributed by atoms with E-state index in [2.05, 4.69) is 5.32 Å². The molecule has 6 heteroatoms. The van der Waals surface area contributed by atoms with Crippen molar-refractivity contribution in [1.82, 2.24) is 0 Å². The summed E-state index contributed by atoms with van der Waals surface area (Å²) in [5.41, 5.74) is 7.01. The van der Waals surface area contributed by atoms with E-state index in [9.17, 15) is 18.0 Å². The average molecular weight is 404 g/mol. The molecule has 0 bridgehead atoms. The first-order valence-corrected chi connectivity index (χ1v) is 10.1. The minimum Gasteiger partial charge on any atom is -0.385 e. The summed E-state index contributed by atoms with van der Waals surface area (Å²) in [7, 11) is 0. The van der Waals surface area contributed by atoms with Gasteiger partial charge in [0.2, 0.25) is 5.91 Å². The van der Waals surface area contributed by atoms with Crippen molar-refractivity contribution < 1.29 is 18.0 Å². The minimum absolute atomic E-state index is 0.00481. The van der Waals surface area contributed by atoms with Crippen LogP contribution in [0, 0.1) is 5.92 Å². The van der Waals surface area contributed by atoms with Crippen molar-refractivity contribution in [2.24, 2.45) is 11.7 Å².